The fraction of sp³-hybridized carbons (Fsp3) is 0.615. The minimum atomic E-state index is 0.0855. The Morgan fingerprint density at radius 1 is 1.41 bits per heavy atom. The predicted molar refractivity (Wildman–Crippen MR) is 74.0 cm³/mol. The van der Waals surface area contributed by atoms with E-state index in [2.05, 4.69) is 26.5 Å². The van der Waals surface area contributed by atoms with E-state index in [4.69, 9.17) is 4.74 Å². The number of hydrogen-bond donors (Lipinski definition) is 1. The maximum atomic E-state index is 12.2. The number of aromatic nitrogens is 1. The Balaban J connectivity index is 3.07. The van der Waals surface area contributed by atoms with Gasteiger partial charge in [-0.15, -0.1) is 0 Å². The van der Waals surface area contributed by atoms with Crippen molar-refractivity contribution < 1.29 is 4.74 Å². The van der Waals surface area contributed by atoms with Crippen LogP contribution in [-0.2, 0) is 17.0 Å². The first-order valence-corrected chi connectivity index (χ1v) is 6.57. The number of pyridine rings is 1. The lowest BCUT2D eigenvalue weighted by molar-refractivity contribution is 0.189. The second-order valence-corrected chi connectivity index (χ2v) is 4.72. The van der Waals surface area contributed by atoms with E-state index in [-0.39, 0.29) is 5.56 Å². The Morgan fingerprint density at radius 2 is 2.12 bits per heavy atom. The SMILES string of the molecule is COCCCn1c(C(C)C)ccc(CS)c1=O. The molecule has 4 heteroatoms. The molecule has 0 fully saturated rings. The molecule has 0 amide bonds. The van der Waals surface area contributed by atoms with E-state index in [1.807, 2.05) is 16.7 Å². The Kier molecular flexibility index (Phi) is 5.78. The average Bonchev–Trinajstić information content (AvgIpc) is 2.31. The standard InChI is InChI=1S/C13H21NO2S/c1-10(2)12-6-5-11(9-17)13(15)14(12)7-4-8-16-3/h5-6,10,17H,4,7-9H2,1-3H3. The summed E-state index contributed by atoms with van der Waals surface area (Å²) in [6.45, 7) is 5.58. The number of ether oxygens (including phenoxy) is 1. The summed E-state index contributed by atoms with van der Waals surface area (Å²) in [6.07, 6.45) is 0.853. The molecular weight excluding hydrogens is 234 g/mol. The fourth-order valence-corrected chi connectivity index (χ4v) is 2.10. The molecule has 0 saturated heterocycles. The molecule has 1 aromatic rings. The highest BCUT2D eigenvalue weighted by Crippen LogP contribution is 2.14. The van der Waals surface area contributed by atoms with Gasteiger partial charge in [0.25, 0.3) is 5.56 Å². The van der Waals surface area contributed by atoms with Gasteiger partial charge in [-0.3, -0.25) is 4.79 Å². The van der Waals surface area contributed by atoms with Crippen molar-refractivity contribution in [1.29, 1.82) is 0 Å². The Hall–Kier alpha value is -0.740. The topological polar surface area (TPSA) is 31.2 Å². The molecule has 96 valence electrons. The van der Waals surface area contributed by atoms with Gasteiger partial charge in [-0.25, -0.2) is 0 Å². The number of methoxy groups -OCH3 is 1. The summed E-state index contributed by atoms with van der Waals surface area (Å²) in [6, 6.07) is 3.92. The molecule has 0 aliphatic heterocycles. The molecule has 1 aromatic heterocycles. The molecule has 0 atom stereocenters. The zero-order valence-electron chi connectivity index (χ0n) is 10.8. The maximum Gasteiger partial charge on any atom is 0.254 e. The van der Waals surface area contributed by atoms with E-state index in [1.165, 1.54) is 0 Å². The lowest BCUT2D eigenvalue weighted by Gasteiger charge is -2.16. The van der Waals surface area contributed by atoms with Gasteiger partial charge in [0, 0.05) is 37.3 Å². The third kappa shape index (κ3) is 3.61. The lowest BCUT2D eigenvalue weighted by Crippen LogP contribution is -2.27. The van der Waals surface area contributed by atoms with Gasteiger partial charge in [0.2, 0.25) is 0 Å². The van der Waals surface area contributed by atoms with Crippen molar-refractivity contribution in [2.75, 3.05) is 13.7 Å². The van der Waals surface area contributed by atoms with Gasteiger partial charge in [-0.05, 0) is 18.4 Å². The van der Waals surface area contributed by atoms with Crippen molar-refractivity contribution in [3.8, 4) is 0 Å². The van der Waals surface area contributed by atoms with Crippen LogP contribution >= 0.6 is 12.6 Å². The van der Waals surface area contributed by atoms with Crippen LogP contribution in [0.2, 0.25) is 0 Å². The predicted octanol–water partition coefficient (Wildman–Crippen LogP) is 2.44. The minimum absolute atomic E-state index is 0.0855. The van der Waals surface area contributed by atoms with Crippen LogP contribution in [0.1, 0.15) is 37.4 Å². The molecule has 0 aromatic carbocycles. The first-order chi connectivity index (χ1) is 8.11. The summed E-state index contributed by atoms with van der Waals surface area (Å²) in [4.78, 5) is 12.2. The van der Waals surface area contributed by atoms with Crippen LogP contribution < -0.4 is 5.56 Å². The smallest absolute Gasteiger partial charge is 0.254 e. The summed E-state index contributed by atoms with van der Waals surface area (Å²) in [5.41, 5.74) is 1.93. The highest BCUT2D eigenvalue weighted by Gasteiger charge is 2.10. The molecule has 0 bridgehead atoms. The summed E-state index contributed by atoms with van der Waals surface area (Å²) in [5.74, 6) is 0.834. The van der Waals surface area contributed by atoms with Gasteiger partial charge in [0.05, 0.1) is 0 Å². The Bertz CT molecular complexity index is 412. The molecule has 3 nitrogen and oxygen atoms in total. The number of hydrogen-bond acceptors (Lipinski definition) is 3. The van der Waals surface area contributed by atoms with Crippen molar-refractivity contribution in [3.63, 3.8) is 0 Å². The van der Waals surface area contributed by atoms with Crippen molar-refractivity contribution in [2.24, 2.45) is 0 Å². The molecule has 1 rings (SSSR count). The molecule has 1 heterocycles. The Labute approximate surface area is 108 Å². The summed E-state index contributed by atoms with van der Waals surface area (Å²) in [7, 11) is 1.68. The molecular formula is C13H21NO2S. The molecule has 0 aliphatic carbocycles. The second-order valence-electron chi connectivity index (χ2n) is 4.40. The maximum absolute atomic E-state index is 12.2. The van der Waals surface area contributed by atoms with Gasteiger partial charge < -0.3 is 9.30 Å². The van der Waals surface area contributed by atoms with E-state index in [9.17, 15) is 4.79 Å². The molecule has 0 saturated carbocycles. The van der Waals surface area contributed by atoms with E-state index < -0.39 is 0 Å². The monoisotopic (exact) mass is 255 g/mol. The summed E-state index contributed by atoms with van der Waals surface area (Å²) >= 11 is 4.18. The van der Waals surface area contributed by atoms with Gasteiger partial charge >= 0.3 is 0 Å². The normalized spacial score (nSPS) is 11.1. The van der Waals surface area contributed by atoms with Crippen LogP contribution in [0.5, 0.6) is 0 Å². The van der Waals surface area contributed by atoms with E-state index in [0.29, 0.717) is 24.8 Å². The molecule has 0 aliphatic rings. The van der Waals surface area contributed by atoms with Crippen LogP contribution in [-0.4, -0.2) is 18.3 Å². The zero-order chi connectivity index (χ0) is 12.8. The Morgan fingerprint density at radius 3 is 2.65 bits per heavy atom. The highest BCUT2D eigenvalue weighted by atomic mass is 32.1. The van der Waals surface area contributed by atoms with E-state index >= 15 is 0 Å². The van der Waals surface area contributed by atoms with Crippen molar-refractivity contribution in [2.45, 2.75) is 38.5 Å². The van der Waals surface area contributed by atoms with E-state index in [1.54, 1.807) is 7.11 Å². The summed E-state index contributed by atoms with van der Waals surface area (Å²) in [5, 5.41) is 0. The third-order valence-corrected chi connectivity index (χ3v) is 3.12. The largest absolute Gasteiger partial charge is 0.385 e. The van der Waals surface area contributed by atoms with Crippen LogP contribution in [0.15, 0.2) is 16.9 Å². The second kappa shape index (κ2) is 6.87. The molecule has 17 heavy (non-hydrogen) atoms. The van der Waals surface area contributed by atoms with Crippen LogP contribution in [0.4, 0.5) is 0 Å². The third-order valence-electron chi connectivity index (χ3n) is 2.78. The highest BCUT2D eigenvalue weighted by molar-refractivity contribution is 7.79. The molecule has 0 radical (unpaired) electrons. The quantitative estimate of drug-likeness (QED) is 0.625. The van der Waals surface area contributed by atoms with Crippen LogP contribution in [0, 0.1) is 0 Å². The first kappa shape index (κ1) is 14.3. The lowest BCUT2D eigenvalue weighted by atomic mass is 10.1. The van der Waals surface area contributed by atoms with Crippen molar-refractivity contribution in [1.82, 2.24) is 4.57 Å². The zero-order valence-corrected chi connectivity index (χ0v) is 11.7. The van der Waals surface area contributed by atoms with Crippen molar-refractivity contribution in [3.05, 3.63) is 33.7 Å². The van der Waals surface area contributed by atoms with Gasteiger partial charge in [0.15, 0.2) is 0 Å². The van der Waals surface area contributed by atoms with Crippen molar-refractivity contribution >= 4 is 12.6 Å². The van der Waals surface area contributed by atoms with Gasteiger partial charge in [-0.2, -0.15) is 12.6 Å². The van der Waals surface area contributed by atoms with Crippen LogP contribution in [0.3, 0.4) is 0 Å². The number of nitrogens with zero attached hydrogens (tertiary/aromatic N) is 1. The molecule has 0 N–H and O–H groups in total. The fourth-order valence-electron chi connectivity index (χ4n) is 1.86. The molecule has 0 spiro atoms. The van der Waals surface area contributed by atoms with Gasteiger partial charge in [0.1, 0.15) is 0 Å². The van der Waals surface area contributed by atoms with E-state index in [0.717, 1.165) is 17.7 Å². The molecule has 0 unspecified atom stereocenters. The van der Waals surface area contributed by atoms with Gasteiger partial charge in [-0.1, -0.05) is 19.9 Å². The van der Waals surface area contributed by atoms with Crippen LogP contribution in [0.25, 0.3) is 0 Å². The minimum Gasteiger partial charge on any atom is -0.385 e. The summed E-state index contributed by atoms with van der Waals surface area (Å²) < 4.78 is 6.89. The first-order valence-electron chi connectivity index (χ1n) is 5.94. The average molecular weight is 255 g/mol. The number of thiol groups is 1. The number of rotatable bonds is 6.